The lowest BCUT2D eigenvalue weighted by Crippen LogP contribution is -1.88. The second kappa shape index (κ2) is 5.31. The summed E-state index contributed by atoms with van der Waals surface area (Å²) >= 11 is 0. The van der Waals surface area contributed by atoms with Crippen LogP contribution in [0, 0.1) is 0 Å². The maximum Gasteiger partial charge on any atom is 0.155 e. The SMILES string of the molecule is CCC(=O)C=CCc1ccccc1. The first-order valence-corrected chi connectivity index (χ1v) is 4.56. The molecule has 0 amide bonds. The van der Waals surface area contributed by atoms with Crippen LogP contribution < -0.4 is 0 Å². The molecule has 0 aromatic heterocycles. The van der Waals surface area contributed by atoms with Crippen molar-refractivity contribution in [2.45, 2.75) is 19.8 Å². The third kappa shape index (κ3) is 3.70. The van der Waals surface area contributed by atoms with Gasteiger partial charge in [-0.1, -0.05) is 43.3 Å². The number of rotatable bonds is 4. The second-order valence-corrected chi connectivity index (χ2v) is 2.91. The Morgan fingerprint density at radius 2 is 2.00 bits per heavy atom. The maximum atomic E-state index is 10.9. The van der Waals surface area contributed by atoms with Gasteiger partial charge in [0.05, 0.1) is 0 Å². The highest BCUT2D eigenvalue weighted by Crippen LogP contribution is 2.00. The van der Waals surface area contributed by atoms with Gasteiger partial charge in [-0.05, 0) is 18.1 Å². The van der Waals surface area contributed by atoms with Gasteiger partial charge in [0.2, 0.25) is 0 Å². The lowest BCUT2D eigenvalue weighted by atomic mass is 10.1. The summed E-state index contributed by atoms with van der Waals surface area (Å²) in [6.45, 7) is 1.87. The molecule has 0 spiro atoms. The smallest absolute Gasteiger partial charge is 0.155 e. The minimum absolute atomic E-state index is 0.191. The zero-order valence-corrected chi connectivity index (χ0v) is 7.86. The minimum Gasteiger partial charge on any atom is -0.295 e. The molecule has 0 saturated heterocycles. The van der Waals surface area contributed by atoms with Gasteiger partial charge in [-0.15, -0.1) is 0 Å². The van der Waals surface area contributed by atoms with Gasteiger partial charge in [0.1, 0.15) is 0 Å². The molecule has 1 aromatic rings. The number of carbonyl (C=O) groups is 1. The molecule has 0 N–H and O–H groups in total. The minimum atomic E-state index is 0.191. The molecule has 0 fully saturated rings. The van der Waals surface area contributed by atoms with Crippen LogP contribution in [-0.2, 0) is 11.2 Å². The van der Waals surface area contributed by atoms with Crippen LogP contribution in [0.3, 0.4) is 0 Å². The van der Waals surface area contributed by atoms with Crippen molar-refractivity contribution in [3.8, 4) is 0 Å². The fourth-order valence-corrected chi connectivity index (χ4v) is 1.06. The number of hydrogen-bond donors (Lipinski definition) is 0. The number of carbonyl (C=O) groups excluding carboxylic acids is 1. The van der Waals surface area contributed by atoms with Gasteiger partial charge in [-0.2, -0.15) is 0 Å². The Balaban J connectivity index is 2.44. The Bertz CT molecular complexity index is 285. The van der Waals surface area contributed by atoms with Crippen LogP contribution in [0.15, 0.2) is 42.5 Å². The molecule has 0 bridgehead atoms. The van der Waals surface area contributed by atoms with Crippen molar-refractivity contribution in [2.75, 3.05) is 0 Å². The van der Waals surface area contributed by atoms with E-state index >= 15 is 0 Å². The number of benzene rings is 1. The fourth-order valence-electron chi connectivity index (χ4n) is 1.06. The first-order chi connectivity index (χ1) is 6.33. The van der Waals surface area contributed by atoms with Crippen molar-refractivity contribution in [2.24, 2.45) is 0 Å². The van der Waals surface area contributed by atoms with Crippen LogP contribution >= 0.6 is 0 Å². The molecular weight excluding hydrogens is 160 g/mol. The van der Waals surface area contributed by atoms with Gasteiger partial charge in [0.15, 0.2) is 5.78 Å². The molecule has 0 atom stereocenters. The first kappa shape index (κ1) is 9.72. The van der Waals surface area contributed by atoms with E-state index in [4.69, 9.17) is 0 Å². The number of ketones is 1. The van der Waals surface area contributed by atoms with E-state index < -0.39 is 0 Å². The third-order valence-corrected chi connectivity index (χ3v) is 1.85. The maximum absolute atomic E-state index is 10.9. The molecule has 0 aliphatic heterocycles. The Morgan fingerprint density at radius 1 is 1.31 bits per heavy atom. The van der Waals surface area contributed by atoms with Crippen molar-refractivity contribution in [3.05, 3.63) is 48.0 Å². The van der Waals surface area contributed by atoms with Gasteiger partial charge in [0.25, 0.3) is 0 Å². The summed E-state index contributed by atoms with van der Waals surface area (Å²) in [6.07, 6.45) is 5.01. The van der Waals surface area contributed by atoms with Crippen LogP contribution in [0.4, 0.5) is 0 Å². The van der Waals surface area contributed by atoms with Gasteiger partial charge in [-0.25, -0.2) is 0 Å². The van der Waals surface area contributed by atoms with E-state index in [1.165, 1.54) is 5.56 Å². The van der Waals surface area contributed by atoms with Gasteiger partial charge < -0.3 is 0 Å². The summed E-state index contributed by atoms with van der Waals surface area (Å²) in [4.78, 5) is 10.9. The Kier molecular flexibility index (Phi) is 3.97. The molecule has 1 heteroatoms. The van der Waals surface area contributed by atoms with Gasteiger partial charge in [0, 0.05) is 6.42 Å². The van der Waals surface area contributed by atoms with E-state index in [2.05, 4.69) is 12.1 Å². The summed E-state index contributed by atoms with van der Waals surface area (Å²) in [5, 5.41) is 0. The molecule has 68 valence electrons. The van der Waals surface area contributed by atoms with Crippen molar-refractivity contribution in [1.82, 2.24) is 0 Å². The second-order valence-electron chi connectivity index (χ2n) is 2.91. The average molecular weight is 174 g/mol. The highest BCUT2D eigenvalue weighted by atomic mass is 16.1. The van der Waals surface area contributed by atoms with Crippen molar-refractivity contribution >= 4 is 5.78 Å². The van der Waals surface area contributed by atoms with Crippen molar-refractivity contribution in [1.29, 1.82) is 0 Å². The Morgan fingerprint density at radius 3 is 2.62 bits per heavy atom. The molecular formula is C12H14O. The highest BCUT2D eigenvalue weighted by Gasteiger charge is 1.89. The van der Waals surface area contributed by atoms with E-state index in [-0.39, 0.29) is 5.78 Å². The average Bonchev–Trinajstić information content (AvgIpc) is 2.19. The number of hydrogen-bond acceptors (Lipinski definition) is 1. The van der Waals surface area contributed by atoms with Crippen LogP contribution in [0.2, 0.25) is 0 Å². The predicted molar refractivity (Wildman–Crippen MR) is 54.6 cm³/mol. The summed E-state index contributed by atoms with van der Waals surface area (Å²) in [7, 11) is 0. The van der Waals surface area contributed by atoms with Crippen molar-refractivity contribution < 1.29 is 4.79 Å². The molecule has 0 saturated carbocycles. The summed E-state index contributed by atoms with van der Waals surface area (Å²) in [5.41, 5.74) is 1.24. The normalized spacial score (nSPS) is 10.5. The summed E-state index contributed by atoms with van der Waals surface area (Å²) < 4.78 is 0. The van der Waals surface area contributed by atoms with Crippen LogP contribution in [-0.4, -0.2) is 5.78 Å². The molecule has 0 radical (unpaired) electrons. The predicted octanol–water partition coefficient (Wildman–Crippen LogP) is 2.76. The topological polar surface area (TPSA) is 17.1 Å². The van der Waals surface area contributed by atoms with Gasteiger partial charge >= 0.3 is 0 Å². The van der Waals surface area contributed by atoms with Crippen molar-refractivity contribution in [3.63, 3.8) is 0 Å². The summed E-state index contributed by atoms with van der Waals surface area (Å²) in [6, 6.07) is 10.1. The molecule has 0 aliphatic carbocycles. The largest absolute Gasteiger partial charge is 0.295 e. The zero-order chi connectivity index (χ0) is 9.52. The van der Waals surface area contributed by atoms with E-state index in [0.717, 1.165) is 6.42 Å². The van der Waals surface area contributed by atoms with E-state index in [1.807, 2.05) is 31.2 Å². The van der Waals surface area contributed by atoms with Crippen LogP contribution in [0.5, 0.6) is 0 Å². The quantitative estimate of drug-likeness (QED) is 0.641. The molecule has 0 aliphatic rings. The molecule has 0 unspecified atom stereocenters. The van der Waals surface area contributed by atoms with Gasteiger partial charge in [-0.3, -0.25) is 4.79 Å². The zero-order valence-electron chi connectivity index (χ0n) is 7.86. The standard InChI is InChI=1S/C12H14O/c1-2-12(13)10-6-9-11-7-4-3-5-8-11/h3-8,10H,2,9H2,1H3. The number of allylic oxidation sites excluding steroid dienone is 2. The van der Waals surface area contributed by atoms with E-state index in [1.54, 1.807) is 6.08 Å². The lowest BCUT2D eigenvalue weighted by Gasteiger charge is -1.93. The monoisotopic (exact) mass is 174 g/mol. The molecule has 0 heterocycles. The Labute approximate surface area is 79.1 Å². The molecule has 1 aromatic carbocycles. The lowest BCUT2D eigenvalue weighted by molar-refractivity contribution is -0.114. The summed E-state index contributed by atoms with van der Waals surface area (Å²) in [5.74, 6) is 0.191. The fraction of sp³-hybridized carbons (Fsp3) is 0.250. The molecule has 1 nitrogen and oxygen atoms in total. The molecule has 13 heavy (non-hydrogen) atoms. The highest BCUT2D eigenvalue weighted by molar-refractivity contribution is 5.89. The van der Waals surface area contributed by atoms with E-state index in [0.29, 0.717) is 6.42 Å². The van der Waals surface area contributed by atoms with Crippen LogP contribution in [0.1, 0.15) is 18.9 Å². The molecule has 1 rings (SSSR count). The van der Waals surface area contributed by atoms with E-state index in [9.17, 15) is 4.79 Å². The third-order valence-electron chi connectivity index (χ3n) is 1.85. The van der Waals surface area contributed by atoms with Crippen LogP contribution in [0.25, 0.3) is 0 Å². The first-order valence-electron chi connectivity index (χ1n) is 4.56. The Hall–Kier alpha value is -1.37.